The van der Waals surface area contributed by atoms with Gasteiger partial charge in [0.05, 0.1) is 13.2 Å². The number of ether oxygens (including phenoxy) is 2. The molecule has 206 valence electrons. The number of aryl methyl sites for hydroxylation is 1. The minimum Gasteiger partial charge on any atom is -0.405 e. The first kappa shape index (κ1) is 27.8. The molecule has 5 amide bonds. The zero-order valence-electron chi connectivity index (χ0n) is 21.5. The molecular formula is C26H31N7O5S. The van der Waals surface area contributed by atoms with Gasteiger partial charge in [-0.2, -0.15) is 4.37 Å². The molecule has 0 radical (unpaired) electrons. The van der Waals surface area contributed by atoms with Crippen molar-refractivity contribution in [3.63, 3.8) is 0 Å². The lowest BCUT2D eigenvalue weighted by atomic mass is 10.1. The molecule has 12 nitrogen and oxygen atoms in total. The van der Waals surface area contributed by atoms with E-state index in [-0.39, 0.29) is 17.6 Å². The number of morpholine rings is 1. The molecule has 0 unspecified atom stereocenters. The van der Waals surface area contributed by atoms with E-state index in [1.807, 2.05) is 25.1 Å². The first-order valence-electron chi connectivity index (χ1n) is 12.4. The predicted molar refractivity (Wildman–Crippen MR) is 150 cm³/mol. The number of hydrogen-bond donors (Lipinski definition) is 5. The molecule has 0 saturated carbocycles. The molecule has 1 saturated heterocycles. The van der Waals surface area contributed by atoms with Crippen LogP contribution in [-0.2, 0) is 4.74 Å². The fraction of sp³-hybridized carbons (Fsp3) is 0.308. The quantitative estimate of drug-likeness (QED) is 0.250. The molecule has 1 aliphatic rings. The fourth-order valence-electron chi connectivity index (χ4n) is 3.94. The lowest BCUT2D eigenvalue weighted by molar-refractivity contribution is 0.0375. The number of anilines is 3. The second-order valence-corrected chi connectivity index (χ2v) is 9.60. The number of nitrogens with two attached hydrogens (primary N) is 1. The molecule has 4 rings (SSSR count). The summed E-state index contributed by atoms with van der Waals surface area (Å²) in [7, 11) is 0. The number of nitrogens with one attached hydrogen (secondary N) is 4. The molecule has 3 aromatic rings. The van der Waals surface area contributed by atoms with Gasteiger partial charge in [0.25, 0.3) is 0 Å². The Morgan fingerprint density at radius 3 is 2.49 bits per heavy atom. The fourth-order valence-corrected chi connectivity index (χ4v) is 4.72. The van der Waals surface area contributed by atoms with Crippen molar-refractivity contribution in [2.45, 2.75) is 13.3 Å². The van der Waals surface area contributed by atoms with Crippen LogP contribution in [0.1, 0.15) is 12.0 Å². The molecule has 0 atom stereocenters. The standard InChI is InChI=1S/C26H31N7O5S/c1-17-4-2-5-20(16-17)30-26(36)29-19-8-6-18(7-9-19)22-21(38-24(27)34)23(32-39-22)31-25(35)28-10-3-11-33-12-14-37-15-13-33/h2,4-9,16H,3,10-15H2,1H3,(H2,27,34)(H2,29,30,36)(H2,28,31,32,35). The van der Waals surface area contributed by atoms with Crippen LogP contribution in [0.25, 0.3) is 10.4 Å². The van der Waals surface area contributed by atoms with Crippen LogP contribution in [0.3, 0.4) is 0 Å². The number of urea groups is 2. The van der Waals surface area contributed by atoms with Gasteiger partial charge in [0.15, 0.2) is 11.6 Å². The van der Waals surface area contributed by atoms with Crippen LogP contribution in [-0.4, -0.2) is 66.8 Å². The van der Waals surface area contributed by atoms with E-state index in [1.165, 1.54) is 0 Å². The smallest absolute Gasteiger partial charge is 0.405 e. The molecule has 2 heterocycles. The highest BCUT2D eigenvalue weighted by molar-refractivity contribution is 7.10. The molecule has 6 N–H and O–H groups in total. The summed E-state index contributed by atoms with van der Waals surface area (Å²) in [6.07, 6.45) is -0.249. The third-order valence-electron chi connectivity index (χ3n) is 5.81. The largest absolute Gasteiger partial charge is 0.410 e. The van der Waals surface area contributed by atoms with Crippen LogP contribution in [0.5, 0.6) is 5.75 Å². The van der Waals surface area contributed by atoms with Gasteiger partial charge in [-0.3, -0.25) is 10.2 Å². The average Bonchev–Trinajstić information content (AvgIpc) is 3.28. The number of amides is 5. The number of benzene rings is 2. The van der Waals surface area contributed by atoms with Gasteiger partial charge in [0.1, 0.15) is 4.88 Å². The summed E-state index contributed by atoms with van der Waals surface area (Å²) >= 11 is 1.04. The van der Waals surface area contributed by atoms with Gasteiger partial charge < -0.3 is 31.2 Å². The summed E-state index contributed by atoms with van der Waals surface area (Å²) < 4.78 is 14.8. The molecule has 2 aromatic carbocycles. The maximum Gasteiger partial charge on any atom is 0.410 e. The summed E-state index contributed by atoms with van der Waals surface area (Å²) in [5, 5.41) is 11.0. The van der Waals surface area contributed by atoms with E-state index in [1.54, 1.807) is 30.3 Å². The van der Waals surface area contributed by atoms with Crippen LogP contribution in [0.2, 0.25) is 0 Å². The maximum absolute atomic E-state index is 12.4. The predicted octanol–water partition coefficient (Wildman–Crippen LogP) is 4.06. The van der Waals surface area contributed by atoms with Crippen molar-refractivity contribution in [1.29, 1.82) is 0 Å². The van der Waals surface area contributed by atoms with E-state index >= 15 is 0 Å². The van der Waals surface area contributed by atoms with Crippen molar-refractivity contribution in [3.8, 4) is 16.2 Å². The van der Waals surface area contributed by atoms with Gasteiger partial charge in [0, 0.05) is 31.0 Å². The zero-order valence-corrected chi connectivity index (χ0v) is 22.3. The highest BCUT2D eigenvalue weighted by Gasteiger charge is 2.21. The summed E-state index contributed by atoms with van der Waals surface area (Å²) in [6, 6.07) is 13.5. The Hall–Kier alpha value is -4.20. The highest BCUT2D eigenvalue weighted by atomic mass is 32.1. The number of rotatable bonds is 9. The Kier molecular flexibility index (Phi) is 9.67. The minimum absolute atomic E-state index is 0.0499. The topological polar surface area (TPSA) is 160 Å². The van der Waals surface area contributed by atoms with E-state index in [0.717, 1.165) is 56.4 Å². The first-order chi connectivity index (χ1) is 18.9. The molecular weight excluding hydrogens is 522 g/mol. The molecule has 1 aliphatic heterocycles. The molecule has 0 aliphatic carbocycles. The molecule has 0 spiro atoms. The number of aromatic nitrogens is 1. The molecule has 0 bridgehead atoms. The van der Waals surface area contributed by atoms with Crippen LogP contribution in [0, 0.1) is 6.92 Å². The normalized spacial score (nSPS) is 13.4. The summed E-state index contributed by atoms with van der Waals surface area (Å²) in [4.78, 5) is 39.1. The van der Waals surface area contributed by atoms with Gasteiger partial charge in [-0.15, -0.1) is 0 Å². The van der Waals surface area contributed by atoms with Crippen LogP contribution in [0.15, 0.2) is 48.5 Å². The second kappa shape index (κ2) is 13.6. The monoisotopic (exact) mass is 553 g/mol. The van der Waals surface area contributed by atoms with Gasteiger partial charge in [0.2, 0.25) is 0 Å². The van der Waals surface area contributed by atoms with Crippen LogP contribution >= 0.6 is 11.5 Å². The average molecular weight is 554 g/mol. The number of carbonyl (C=O) groups is 3. The number of hydrogen-bond acceptors (Lipinski definition) is 8. The Morgan fingerprint density at radius 1 is 1.03 bits per heavy atom. The summed E-state index contributed by atoms with van der Waals surface area (Å²) in [5.41, 5.74) is 8.20. The molecule has 13 heteroatoms. The van der Waals surface area contributed by atoms with Gasteiger partial charge >= 0.3 is 18.2 Å². The second-order valence-electron chi connectivity index (χ2n) is 8.82. The van der Waals surface area contributed by atoms with E-state index in [0.29, 0.717) is 28.4 Å². The van der Waals surface area contributed by atoms with E-state index in [4.69, 9.17) is 15.2 Å². The number of carbonyl (C=O) groups excluding carboxylic acids is 3. The SMILES string of the molecule is Cc1cccc(NC(=O)Nc2ccc(-c3snc(NC(=O)NCCCN4CCOCC4)c3OC(N)=O)cc2)c1. The van der Waals surface area contributed by atoms with Crippen molar-refractivity contribution in [2.24, 2.45) is 5.73 Å². The first-order valence-corrected chi connectivity index (χ1v) is 13.2. The number of nitrogens with zero attached hydrogens (tertiary/aromatic N) is 2. The Labute approximate surface area is 230 Å². The lowest BCUT2D eigenvalue weighted by Gasteiger charge is -2.26. The van der Waals surface area contributed by atoms with Gasteiger partial charge in [-0.1, -0.05) is 24.3 Å². The third-order valence-corrected chi connectivity index (χ3v) is 6.68. The summed E-state index contributed by atoms with van der Waals surface area (Å²) in [5.74, 6) is 0.132. The van der Waals surface area contributed by atoms with E-state index in [2.05, 4.69) is 30.5 Å². The van der Waals surface area contributed by atoms with E-state index in [9.17, 15) is 14.4 Å². The minimum atomic E-state index is -1.03. The van der Waals surface area contributed by atoms with Gasteiger partial charge in [-0.25, -0.2) is 14.4 Å². The third kappa shape index (κ3) is 8.40. The van der Waals surface area contributed by atoms with Crippen molar-refractivity contribution < 1.29 is 23.9 Å². The van der Waals surface area contributed by atoms with Crippen LogP contribution < -0.4 is 31.7 Å². The highest BCUT2D eigenvalue weighted by Crippen LogP contribution is 2.40. The Bertz CT molecular complexity index is 1290. The van der Waals surface area contributed by atoms with E-state index < -0.39 is 12.1 Å². The van der Waals surface area contributed by atoms with Crippen molar-refractivity contribution in [3.05, 3.63) is 54.1 Å². The Balaban J connectivity index is 1.34. The zero-order chi connectivity index (χ0) is 27.6. The van der Waals surface area contributed by atoms with Crippen molar-refractivity contribution >= 4 is 46.9 Å². The molecule has 39 heavy (non-hydrogen) atoms. The Morgan fingerprint density at radius 2 is 1.77 bits per heavy atom. The summed E-state index contributed by atoms with van der Waals surface area (Å²) in [6.45, 7) is 6.50. The molecule has 1 fully saturated rings. The van der Waals surface area contributed by atoms with Crippen molar-refractivity contribution in [2.75, 3.05) is 55.3 Å². The van der Waals surface area contributed by atoms with Crippen molar-refractivity contribution in [1.82, 2.24) is 14.6 Å². The maximum atomic E-state index is 12.4. The molecule has 1 aromatic heterocycles. The van der Waals surface area contributed by atoms with Crippen LogP contribution in [0.4, 0.5) is 31.6 Å². The number of primary amides is 1. The van der Waals surface area contributed by atoms with Gasteiger partial charge in [-0.05, 0) is 66.8 Å². The lowest BCUT2D eigenvalue weighted by Crippen LogP contribution is -2.38.